The molecule has 1 aliphatic carbocycles. The summed E-state index contributed by atoms with van der Waals surface area (Å²) in [6.07, 6.45) is 5.28. The molecule has 6 nitrogen and oxygen atoms in total. The maximum absolute atomic E-state index is 11.9. The van der Waals surface area contributed by atoms with Crippen molar-refractivity contribution in [2.75, 3.05) is 11.1 Å². The molecule has 0 saturated heterocycles. The van der Waals surface area contributed by atoms with E-state index in [-0.39, 0.29) is 23.4 Å². The van der Waals surface area contributed by atoms with E-state index in [2.05, 4.69) is 20.3 Å². The number of aryl methyl sites for hydroxylation is 1. The Morgan fingerprint density at radius 3 is 3.00 bits per heavy atom. The van der Waals surface area contributed by atoms with E-state index in [1.165, 1.54) is 18.0 Å². The Bertz CT molecular complexity index is 706. The minimum Gasteiger partial charge on any atom is -0.294 e. The van der Waals surface area contributed by atoms with Gasteiger partial charge in [-0.2, -0.15) is 0 Å². The zero-order valence-electron chi connectivity index (χ0n) is 11.8. The molecule has 0 fully saturated rings. The van der Waals surface area contributed by atoms with Gasteiger partial charge in [0, 0.05) is 18.8 Å². The second-order valence-corrected chi connectivity index (χ2v) is 5.83. The van der Waals surface area contributed by atoms with Crippen LogP contribution < -0.4 is 5.32 Å². The summed E-state index contributed by atoms with van der Waals surface area (Å²) in [7, 11) is 0. The van der Waals surface area contributed by atoms with Crippen LogP contribution in [-0.2, 0) is 11.2 Å². The molecule has 0 bridgehead atoms. The van der Waals surface area contributed by atoms with Crippen LogP contribution >= 0.6 is 11.8 Å². The molecular weight excluding hydrogens is 300 g/mol. The van der Waals surface area contributed by atoms with Crippen molar-refractivity contribution in [2.24, 2.45) is 0 Å². The average Bonchev–Trinajstić information content (AvgIpc) is 2.54. The molecular formula is C15H14N4O2S. The summed E-state index contributed by atoms with van der Waals surface area (Å²) in [6.45, 7) is 0. The van der Waals surface area contributed by atoms with Gasteiger partial charge in [0.15, 0.2) is 5.78 Å². The Morgan fingerprint density at radius 2 is 2.18 bits per heavy atom. The predicted molar refractivity (Wildman–Crippen MR) is 82.9 cm³/mol. The highest BCUT2D eigenvalue weighted by Gasteiger charge is 2.19. The number of nitrogens with one attached hydrogen (secondary N) is 1. The zero-order chi connectivity index (χ0) is 15.4. The molecule has 7 heteroatoms. The lowest BCUT2D eigenvalue weighted by Gasteiger charge is -2.13. The minimum absolute atomic E-state index is 0.0739. The van der Waals surface area contributed by atoms with Gasteiger partial charge < -0.3 is 0 Å². The molecule has 112 valence electrons. The average molecular weight is 314 g/mol. The topological polar surface area (TPSA) is 84.8 Å². The van der Waals surface area contributed by atoms with E-state index < -0.39 is 0 Å². The van der Waals surface area contributed by atoms with Gasteiger partial charge in [-0.25, -0.2) is 15.0 Å². The number of amides is 1. The Morgan fingerprint density at radius 1 is 1.27 bits per heavy atom. The van der Waals surface area contributed by atoms with E-state index in [9.17, 15) is 9.59 Å². The van der Waals surface area contributed by atoms with Crippen LogP contribution in [0.3, 0.4) is 0 Å². The molecule has 1 N–H and O–H groups in total. The number of anilines is 1. The lowest BCUT2D eigenvalue weighted by atomic mass is 9.96. The number of carbonyl (C=O) groups is 2. The summed E-state index contributed by atoms with van der Waals surface area (Å²) in [6, 6.07) is 5.54. The number of nitrogens with zero attached hydrogens (tertiary/aromatic N) is 3. The van der Waals surface area contributed by atoms with Gasteiger partial charge in [-0.15, -0.1) is 0 Å². The molecule has 22 heavy (non-hydrogen) atoms. The molecule has 1 aliphatic rings. The lowest BCUT2D eigenvalue weighted by Crippen LogP contribution is -2.19. The van der Waals surface area contributed by atoms with Gasteiger partial charge in [0.05, 0.1) is 22.0 Å². The number of hydrogen-bond donors (Lipinski definition) is 1. The first kappa shape index (κ1) is 14.6. The van der Waals surface area contributed by atoms with E-state index >= 15 is 0 Å². The van der Waals surface area contributed by atoms with E-state index in [1.807, 2.05) is 18.2 Å². The Balaban J connectivity index is 1.61. The first-order valence-corrected chi connectivity index (χ1v) is 7.94. The fraction of sp³-hybridized carbons (Fsp3) is 0.267. The van der Waals surface area contributed by atoms with Crippen molar-refractivity contribution in [3.63, 3.8) is 0 Å². The van der Waals surface area contributed by atoms with Crippen LogP contribution in [0.5, 0.6) is 0 Å². The van der Waals surface area contributed by atoms with Gasteiger partial charge in [0.2, 0.25) is 11.9 Å². The standard InChI is InChI=1S/C15H14N4O2S/c20-12-5-3-4-11-10(12)8-17-15(18-11)19-13(21)9-22-14-6-1-2-7-16-14/h1-2,6-8H,3-5,9H2,(H,17,18,19,21). The molecule has 3 rings (SSSR count). The number of aromatic nitrogens is 3. The van der Waals surface area contributed by atoms with Crippen LogP contribution in [0.2, 0.25) is 0 Å². The van der Waals surface area contributed by atoms with E-state index in [0.717, 1.165) is 23.6 Å². The Hall–Kier alpha value is -2.28. The Labute approximate surface area is 131 Å². The normalized spacial score (nSPS) is 13.5. The number of hydrogen-bond acceptors (Lipinski definition) is 6. The van der Waals surface area contributed by atoms with Crippen molar-refractivity contribution >= 4 is 29.4 Å². The maximum Gasteiger partial charge on any atom is 0.237 e. The second-order valence-electron chi connectivity index (χ2n) is 4.84. The molecule has 1 amide bonds. The molecule has 2 aromatic rings. The molecule has 0 aromatic carbocycles. The number of thioether (sulfide) groups is 1. The van der Waals surface area contributed by atoms with Crippen LogP contribution in [0.25, 0.3) is 0 Å². The SMILES string of the molecule is O=C(CSc1ccccn1)Nc1ncc2c(n1)CCCC2=O. The fourth-order valence-electron chi connectivity index (χ4n) is 2.18. The number of Topliss-reactive ketones (excluding diaryl/α,β-unsaturated/α-hetero) is 1. The first-order chi connectivity index (χ1) is 10.7. The molecule has 0 spiro atoms. The molecule has 2 aromatic heterocycles. The van der Waals surface area contributed by atoms with E-state index in [1.54, 1.807) is 6.20 Å². The predicted octanol–water partition coefficient (Wildman–Crippen LogP) is 2.12. The molecule has 0 unspecified atom stereocenters. The summed E-state index contributed by atoms with van der Waals surface area (Å²) in [5.41, 5.74) is 1.30. The molecule has 0 atom stereocenters. The van der Waals surface area contributed by atoms with Gasteiger partial charge in [0.25, 0.3) is 0 Å². The number of carbonyl (C=O) groups excluding carboxylic acids is 2. The van der Waals surface area contributed by atoms with Gasteiger partial charge >= 0.3 is 0 Å². The van der Waals surface area contributed by atoms with Gasteiger partial charge in [-0.3, -0.25) is 14.9 Å². The zero-order valence-corrected chi connectivity index (χ0v) is 12.6. The van der Waals surface area contributed by atoms with Crippen LogP contribution in [0.4, 0.5) is 5.95 Å². The molecule has 2 heterocycles. The summed E-state index contributed by atoms with van der Waals surface area (Å²) in [5, 5.41) is 3.44. The number of pyridine rings is 1. The van der Waals surface area contributed by atoms with Crippen molar-refractivity contribution in [1.29, 1.82) is 0 Å². The monoisotopic (exact) mass is 314 g/mol. The number of rotatable bonds is 4. The molecule has 0 radical (unpaired) electrons. The van der Waals surface area contributed by atoms with E-state index in [4.69, 9.17) is 0 Å². The third kappa shape index (κ3) is 3.48. The summed E-state index contributed by atoms with van der Waals surface area (Å²) >= 11 is 1.34. The number of fused-ring (bicyclic) bond motifs is 1. The van der Waals surface area contributed by atoms with Crippen molar-refractivity contribution < 1.29 is 9.59 Å². The highest BCUT2D eigenvalue weighted by atomic mass is 32.2. The van der Waals surface area contributed by atoms with Crippen molar-refractivity contribution in [3.8, 4) is 0 Å². The lowest BCUT2D eigenvalue weighted by molar-refractivity contribution is -0.113. The van der Waals surface area contributed by atoms with E-state index in [0.29, 0.717) is 12.0 Å². The highest BCUT2D eigenvalue weighted by molar-refractivity contribution is 7.99. The van der Waals surface area contributed by atoms with Gasteiger partial charge in [-0.05, 0) is 25.0 Å². The fourth-order valence-corrected chi connectivity index (χ4v) is 2.85. The van der Waals surface area contributed by atoms with Crippen molar-refractivity contribution in [3.05, 3.63) is 41.9 Å². The summed E-state index contributed by atoms with van der Waals surface area (Å²) in [4.78, 5) is 36.1. The Kier molecular flexibility index (Phi) is 4.43. The second kappa shape index (κ2) is 6.65. The third-order valence-electron chi connectivity index (χ3n) is 3.23. The summed E-state index contributed by atoms with van der Waals surface area (Å²) in [5.74, 6) is 0.360. The maximum atomic E-state index is 11.9. The number of ketones is 1. The highest BCUT2D eigenvalue weighted by Crippen LogP contribution is 2.20. The van der Waals surface area contributed by atoms with Crippen LogP contribution in [0, 0.1) is 0 Å². The van der Waals surface area contributed by atoms with Gasteiger partial charge in [-0.1, -0.05) is 17.8 Å². The van der Waals surface area contributed by atoms with Gasteiger partial charge in [0.1, 0.15) is 0 Å². The molecule has 0 saturated carbocycles. The van der Waals surface area contributed by atoms with Crippen LogP contribution in [0.15, 0.2) is 35.6 Å². The smallest absolute Gasteiger partial charge is 0.237 e. The minimum atomic E-state index is -0.197. The summed E-state index contributed by atoms with van der Waals surface area (Å²) < 4.78 is 0. The first-order valence-electron chi connectivity index (χ1n) is 6.95. The quantitative estimate of drug-likeness (QED) is 0.870. The van der Waals surface area contributed by atoms with Crippen molar-refractivity contribution in [1.82, 2.24) is 15.0 Å². The van der Waals surface area contributed by atoms with Crippen molar-refractivity contribution in [2.45, 2.75) is 24.3 Å². The van der Waals surface area contributed by atoms with Crippen LogP contribution in [0.1, 0.15) is 28.9 Å². The largest absolute Gasteiger partial charge is 0.294 e. The van der Waals surface area contributed by atoms with Crippen LogP contribution in [-0.4, -0.2) is 32.4 Å². The third-order valence-corrected chi connectivity index (χ3v) is 4.17. The molecule has 0 aliphatic heterocycles.